The number of nitrogens with one attached hydrogen (secondary N) is 2. The van der Waals surface area contributed by atoms with E-state index in [1.807, 2.05) is 0 Å². The maximum Gasteiger partial charge on any atom is 0.222 e. The molecule has 0 saturated heterocycles. The molecule has 0 fully saturated rings. The zero-order chi connectivity index (χ0) is 18.7. The van der Waals surface area contributed by atoms with E-state index >= 15 is 0 Å². The van der Waals surface area contributed by atoms with E-state index in [0.29, 0.717) is 6.42 Å². The lowest BCUT2D eigenvalue weighted by Gasteiger charge is -2.24. The molecule has 0 unspecified atom stereocenters. The molecule has 0 saturated carbocycles. The van der Waals surface area contributed by atoms with Gasteiger partial charge >= 0.3 is 0 Å². The van der Waals surface area contributed by atoms with Crippen LogP contribution in [0.25, 0.3) is 5.69 Å². The van der Waals surface area contributed by atoms with E-state index in [1.54, 1.807) is 6.20 Å². The van der Waals surface area contributed by atoms with Gasteiger partial charge in [0.2, 0.25) is 11.8 Å². The average molecular weight is 362 g/mol. The van der Waals surface area contributed by atoms with Gasteiger partial charge in [-0.2, -0.15) is 5.10 Å². The zero-order valence-electron chi connectivity index (χ0n) is 14.4. The highest BCUT2D eigenvalue weighted by Gasteiger charge is 2.26. The van der Waals surface area contributed by atoms with Crippen LogP contribution in [-0.2, 0) is 16.0 Å². The SMILES string of the molecule is CC(=O)NCCC(=O)N[C@H]1CCCc2c1cnn2-c1ccc(F)cc1F. The Kier molecular flexibility index (Phi) is 5.29. The lowest BCUT2D eigenvalue weighted by Crippen LogP contribution is -2.33. The van der Waals surface area contributed by atoms with Gasteiger partial charge in [-0.05, 0) is 31.4 Å². The topological polar surface area (TPSA) is 76.0 Å². The predicted octanol–water partition coefficient (Wildman–Crippen LogP) is 2.17. The van der Waals surface area contributed by atoms with Crippen molar-refractivity contribution in [3.63, 3.8) is 0 Å². The van der Waals surface area contributed by atoms with Crippen LogP contribution in [0.15, 0.2) is 24.4 Å². The number of carbonyl (C=O) groups excluding carboxylic acids is 2. The first-order chi connectivity index (χ1) is 12.5. The normalized spacial score (nSPS) is 16.0. The summed E-state index contributed by atoms with van der Waals surface area (Å²) in [5.41, 5.74) is 1.84. The van der Waals surface area contributed by atoms with Crippen LogP contribution in [0.4, 0.5) is 8.78 Å². The molecule has 1 aromatic heterocycles. The van der Waals surface area contributed by atoms with Gasteiger partial charge in [0.1, 0.15) is 11.5 Å². The summed E-state index contributed by atoms with van der Waals surface area (Å²) in [6.45, 7) is 1.68. The van der Waals surface area contributed by atoms with Crippen LogP contribution < -0.4 is 10.6 Å². The number of halogens is 2. The van der Waals surface area contributed by atoms with Crippen LogP contribution in [0, 0.1) is 11.6 Å². The molecule has 138 valence electrons. The lowest BCUT2D eigenvalue weighted by molar-refractivity contribution is -0.122. The monoisotopic (exact) mass is 362 g/mol. The Bertz CT molecular complexity index is 835. The molecule has 0 bridgehead atoms. The third-order valence-electron chi connectivity index (χ3n) is 4.38. The second kappa shape index (κ2) is 7.63. The van der Waals surface area contributed by atoms with Crippen LogP contribution in [0.3, 0.4) is 0 Å². The highest BCUT2D eigenvalue weighted by Crippen LogP contribution is 2.31. The second-order valence-corrected chi connectivity index (χ2v) is 6.30. The van der Waals surface area contributed by atoms with Crippen LogP contribution in [0.2, 0.25) is 0 Å². The quantitative estimate of drug-likeness (QED) is 0.856. The molecule has 0 radical (unpaired) electrons. The number of amides is 2. The molecule has 1 atom stereocenters. The van der Waals surface area contributed by atoms with E-state index in [2.05, 4.69) is 15.7 Å². The Morgan fingerprint density at radius 3 is 2.88 bits per heavy atom. The molecular formula is C18H20F2N4O2. The summed E-state index contributed by atoms with van der Waals surface area (Å²) in [7, 11) is 0. The Labute approximate surface area is 149 Å². The predicted molar refractivity (Wildman–Crippen MR) is 90.6 cm³/mol. The smallest absolute Gasteiger partial charge is 0.222 e. The highest BCUT2D eigenvalue weighted by molar-refractivity contribution is 5.78. The van der Waals surface area contributed by atoms with Crippen molar-refractivity contribution in [2.75, 3.05) is 6.54 Å². The van der Waals surface area contributed by atoms with Crippen LogP contribution in [0.5, 0.6) is 0 Å². The van der Waals surface area contributed by atoms with Gasteiger partial charge in [0, 0.05) is 37.2 Å². The maximum absolute atomic E-state index is 14.1. The first kappa shape index (κ1) is 18.0. The summed E-state index contributed by atoms with van der Waals surface area (Å²) in [6.07, 6.45) is 4.08. The first-order valence-corrected chi connectivity index (χ1v) is 8.51. The molecule has 0 aliphatic heterocycles. The molecule has 2 N–H and O–H groups in total. The summed E-state index contributed by atoms with van der Waals surface area (Å²) in [5, 5.41) is 9.77. The van der Waals surface area contributed by atoms with Gasteiger partial charge in [-0.3, -0.25) is 9.59 Å². The molecule has 1 aliphatic rings. The van der Waals surface area contributed by atoms with Crippen molar-refractivity contribution in [1.29, 1.82) is 0 Å². The van der Waals surface area contributed by atoms with Crippen molar-refractivity contribution in [1.82, 2.24) is 20.4 Å². The van der Waals surface area contributed by atoms with E-state index < -0.39 is 11.6 Å². The number of carbonyl (C=O) groups is 2. The third-order valence-corrected chi connectivity index (χ3v) is 4.38. The summed E-state index contributed by atoms with van der Waals surface area (Å²) >= 11 is 0. The molecule has 2 amide bonds. The third kappa shape index (κ3) is 3.89. The van der Waals surface area contributed by atoms with E-state index in [1.165, 1.54) is 23.7 Å². The zero-order valence-corrected chi connectivity index (χ0v) is 14.4. The maximum atomic E-state index is 14.1. The summed E-state index contributed by atoms with van der Waals surface area (Å²) in [5.74, 6) is -1.67. The average Bonchev–Trinajstić information content (AvgIpc) is 2.99. The fourth-order valence-corrected chi connectivity index (χ4v) is 3.19. The van der Waals surface area contributed by atoms with E-state index in [0.717, 1.165) is 30.2 Å². The molecule has 3 rings (SSSR count). The van der Waals surface area contributed by atoms with E-state index in [4.69, 9.17) is 0 Å². The minimum absolute atomic E-state index is 0.169. The Balaban J connectivity index is 1.76. The molecule has 6 nitrogen and oxygen atoms in total. The van der Waals surface area contributed by atoms with Gasteiger partial charge < -0.3 is 10.6 Å². The Hall–Kier alpha value is -2.77. The fraction of sp³-hybridized carbons (Fsp3) is 0.389. The number of nitrogens with zero attached hydrogens (tertiary/aromatic N) is 2. The number of aromatic nitrogens is 2. The molecule has 26 heavy (non-hydrogen) atoms. The van der Waals surface area contributed by atoms with Crippen LogP contribution >= 0.6 is 0 Å². The van der Waals surface area contributed by atoms with Crippen molar-refractivity contribution < 1.29 is 18.4 Å². The number of hydrogen-bond acceptors (Lipinski definition) is 3. The highest BCUT2D eigenvalue weighted by atomic mass is 19.1. The van der Waals surface area contributed by atoms with Crippen molar-refractivity contribution in [2.45, 2.75) is 38.6 Å². The van der Waals surface area contributed by atoms with Gasteiger partial charge in [-0.15, -0.1) is 0 Å². The van der Waals surface area contributed by atoms with Crippen molar-refractivity contribution in [3.8, 4) is 5.69 Å². The summed E-state index contributed by atoms with van der Waals surface area (Å²) in [6, 6.07) is 3.17. The largest absolute Gasteiger partial charge is 0.356 e. The molecule has 2 aromatic rings. The van der Waals surface area contributed by atoms with E-state index in [9.17, 15) is 18.4 Å². The van der Waals surface area contributed by atoms with Crippen molar-refractivity contribution >= 4 is 11.8 Å². The number of rotatable bonds is 5. The minimum atomic E-state index is -0.683. The molecule has 1 aromatic carbocycles. The standard InChI is InChI=1S/C18H20F2N4O2/c1-11(25)21-8-7-18(26)23-15-3-2-4-16-13(15)10-22-24(16)17-6-5-12(19)9-14(17)20/h5-6,9-10,15H,2-4,7-8H2,1H3,(H,21,25)(H,23,26)/t15-/m0/s1. The molecule has 1 aliphatic carbocycles. The van der Waals surface area contributed by atoms with Crippen LogP contribution in [0.1, 0.15) is 43.5 Å². The number of benzene rings is 1. The van der Waals surface area contributed by atoms with Crippen molar-refractivity contribution in [2.24, 2.45) is 0 Å². The van der Waals surface area contributed by atoms with E-state index in [-0.39, 0.29) is 36.5 Å². The second-order valence-electron chi connectivity index (χ2n) is 6.30. The van der Waals surface area contributed by atoms with Crippen LogP contribution in [-0.4, -0.2) is 28.1 Å². The Morgan fingerprint density at radius 1 is 1.35 bits per heavy atom. The molecule has 0 spiro atoms. The van der Waals surface area contributed by atoms with Gasteiger partial charge in [0.25, 0.3) is 0 Å². The minimum Gasteiger partial charge on any atom is -0.356 e. The Morgan fingerprint density at radius 2 is 2.15 bits per heavy atom. The number of hydrogen-bond donors (Lipinski definition) is 2. The number of fused-ring (bicyclic) bond motifs is 1. The first-order valence-electron chi connectivity index (χ1n) is 8.51. The molecule has 1 heterocycles. The van der Waals surface area contributed by atoms with Gasteiger partial charge in [0.15, 0.2) is 5.82 Å². The van der Waals surface area contributed by atoms with Crippen molar-refractivity contribution in [3.05, 3.63) is 47.3 Å². The van der Waals surface area contributed by atoms with Gasteiger partial charge in [0.05, 0.1) is 12.2 Å². The molecular weight excluding hydrogens is 342 g/mol. The van der Waals surface area contributed by atoms with Gasteiger partial charge in [-0.25, -0.2) is 13.5 Å². The molecule has 8 heteroatoms. The lowest BCUT2D eigenvalue weighted by atomic mass is 9.92. The summed E-state index contributed by atoms with van der Waals surface area (Å²) in [4.78, 5) is 22.9. The van der Waals surface area contributed by atoms with Gasteiger partial charge in [-0.1, -0.05) is 0 Å². The summed E-state index contributed by atoms with van der Waals surface area (Å²) < 4.78 is 28.7. The fourth-order valence-electron chi connectivity index (χ4n) is 3.19.